The SMILES string of the molecule is COc1ccc(Cl)cc1N(CC(=O)N(Cc1c(Cl)cccc1Cl)C(C)C(=O)NC1CCCC1)S(C)(=O)=O. The molecular weight excluding hydrogens is 561 g/mol. The van der Waals surface area contributed by atoms with Crippen molar-refractivity contribution >= 4 is 62.3 Å². The molecule has 2 amide bonds. The molecule has 0 bridgehead atoms. The molecule has 0 heterocycles. The Labute approximate surface area is 232 Å². The number of ether oxygens (including phenoxy) is 1. The van der Waals surface area contributed by atoms with E-state index >= 15 is 0 Å². The van der Waals surface area contributed by atoms with Crippen molar-refractivity contribution in [2.75, 3.05) is 24.2 Å². The van der Waals surface area contributed by atoms with Gasteiger partial charge in [-0.1, -0.05) is 53.7 Å². The highest BCUT2D eigenvalue weighted by Crippen LogP contribution is 2.33. The number of anilines is 1. The summed E-state index contributed by atoms with van der Waals surface area (Å²) in [5.74, 6) is -0.748. The number of carbonyl (C=O) groups excluding carboxylic acids is 2. The maximum Gasteiger partial charge on any atom is 0.244 e. The lowest BCUT2D eigenvalue weighted by Gasteiger charge is -2.32. The van der Waals surface area contributed by atoms with Crippen LogP contribution in [0.2, 0.25) is 15.1 Å². The van der Waals surface area contributed by atoms with Crippen molar-refractivity contribution in [3.63, 3.8) is 0 Å². The average molecular weight is 591 g/mol. The van der Waals surface area contributed by atoms with Gasteiger partial charge in [-0.05, 0) is 50.1 Å². The molecule has 1 saturated carbocycles. The van der Waals surface area contributed by atoms with E-state index in [0.29, 0.717) is 15.6 Å². The second-order valence-corrected chi connectivity index (χ2v) is 12.1. The van der Waals surface area contributed by atoms with E-state index in [0.717, 1.165) is 36.2 Å². The molecule has 12 heteroatoms. The zero-order valence-electron chi connectivity index (χ0n) is 20.8. The molecule has 0 aliphatic heterocycles. The molecule has 202 valence electrons. The van der Waals surface area contributed by atoms with Crippen LogP contribution in [0.25, 0.3) is 0 Å². The fraction of sp³-hybridized carbons (Fsp3) is 0.440. The number of benzene rings is 2. The Balaban J connectivity index is 1.97. The molecular formula is C25H30Cl3N3O5S. The summed E-state index contributed by atoms with van der Waals surface area (Å²) >= 11 is 18.9. The second-order valence-electron chi connectivity index (χ2n) is 8.97. The van der Waals surface area contributed by atoms with Crippen LogP contribution in [0.5, 0.6) is 5.75 Å². The van der Waals surface area contributed by atoms with Gasteiger partial charge in [0.2, 0.25) is 21.8 Å². The predicted octanol–water partition coefficient (Wildman–Crippen LogP) is 4.90. The molecule has 0 radical (unpaired) electrons. The van der Waals surface area contributed by atoms with Crippen molar-refractivity contribution < 1.29 is 22.7 Å². The fourth-order valence-corrected chi connectivity index (χ4v) is 5.81. The van der Waals surface area contributed by atoms with Gasteiger partial charge in [0.05, 0.1) is 19.1 Å². The zero-order chi connectivity index (χ0) is 27.3. The molecule has 8 nitrogen and oxygen atoms in total. The van der Waals surface area contributed by atoms with E-state index < -0.39 is 28.5 Å². The standard InChI is InChI=1S/C25H30Cl3N3O5S/c1-16(25(33)29-18-7-4-5-8-18)30(14-19-20(27)9-6-10-21(19)28)24(32)15-31(37(3,34)35)22-13-17(26)11-12-23(22)36-2/h6,9-13,16,18H,4-5,7-8,14-15H2,1-3H3,(H,29,33). The maximum absolute atomic E-state index is 13.7. The number of hydrogen-bond donors (Lipinski definition) is 1. The van der Waals surface area contributed by atoms with Crippen LogP contribution in [0.15, 0.2) is 36.4 Å². The van der Waals surface area contributed by atoms with Gasteiger partial charge in [-0.2, -0.15) is 0 Å². The van der Waals surface area contributed by atoms with Gasteiger partial charge in [0.15, 0.2) is 0 Å². The summed E-state index contributed by atoms with van der Waals surface area (Å²) in [6.45, 7) is 0.900. The van der Waals surface area contributed by atoms with Crippen LogP contribution in [-0.2, 0) is 26.2 Å². The van der Waals surface area contributed by atoms with Gasteiger partial charge in [-0.15, -0.1) is 0 Å². The first kappa shape index (κ1) is 29.4. The molecule has 1 fully saturated rings. The number of carbonyl (C=O) groups is 2. The molecule has 2 aromatic rings. The normalized spacial score (nSPS) is 14.8. The Morgan fingerprint density at radius 2 is 1.73 bits per heavy atom. The van der Waals surface area contributed by atoms with Gasteiger partial charge in [0, 0.05) is 33.2 Å². The summed E-state index contributed by atoms with van der Waals surface area (Å²) in [6, 6.07) is 8.52. The van der Waals surface area contributed by atoms with Crippen molar-refractivity contribution in [3.05, 3.63) is 57.0 Å². The topological polar surface area (TPSA) is 96.0 Å². The van der Waals surface area contributed by atoms with Crippen molar-refractivity contribution in [1.29, 1.82) is 0 Å². The number of halogens is 3. The number of amides is 2. The first-order chi connectivity index (χ1) is 17.4. The van der Waals surface area contributed by atoms with Crippen LogP contribution in [0, 0.1) is 0 Å². The highest BCUT2D eigenvalue weighted by atomic mass is 35.5. The van der Waals surface area contributed by atoms with E-state index in [1.54, 1.807) is 31.2 Å². The first-order valence-electron chi connectivity index (χ1n) is 11.8. The lowest BCUT2D eigenvalue weighted by atomic mass is 10.1. The van der Waals surface area contributed by atoms with Crippen LogP contribution in [0.4, 0.5) is 5.69 Å². The van der Waals surface area contributed by atoms with Crippen LogP contribution in [0.3, 0.4) is 0 Å². The Morgan fingerprint density at radius 3 is 2.30 bits per heavy atom. The van der Waals surface area contributed by atoms with Gasteiger partial charge in [-0.25, -0.2) is 8.42 Å². The molecule has 1 unspecified atom stereocenters. The predicted molar refractivity (Wildman–Crippen MR) is 147 cm³/mol. The van der Waals surface area contributed by atoms with Crippen molar-refractivity contribution in [2.45, 2.75) is 51.2 Å². The van der Waals surface area contributed by atoms with E-state index in [2.05, 4.69) is 5.32 Å². The van der Waals surface area contributed by atoms with E-state index in [1.807, 2.05) is 0 Å². The summed E-state index contributed by atoms with van der Waals surface area (Å²) in [5, 5.41) is 3.92. The van der Waals surface area contributed by atoms with Crippen molar-refractivity contribution in [3.8, 4) is 5.75 Å². The van der Waals surface area contributed by atoms with Crippen molar-refractivity contribution in [1.82, 2.24) is 10.2 Å². The third kappa shape index (κ3) is 7.44. The second kappa shape index (κ2) is 12.6. The molecule has 0 spiro atoms. The molecule has 37 heavy (non-hydrogen) atoms. The van der Waals surface area contributed by atoms with Crippen LogP contribution < -0.4 is 14.4 Å². The summed E-state index contributed by atoms with van der Waals surface area (Å²) in [4.78, 5) is 28.2. The highest BCUT2D eigenvalue weighted by Gasteiger charge is 2.33. The summed E-state index contributed by atoms with van der Waals surface area (Å²) in [7, 11) is -2.57. The molecule has 0 saturated heterocycles. The highest BCUT2D eigenvalue weighted by molar-refractivity contribution is 7.92. The Kier molecular flexibility index (Phi) is 9.97. The lowest BCUT2D eigenvalue weighted by molar-refractivity contribution is -0.139. The fourth-order valence-electron chi connectivity index (χ4n) is 4.28. The Hall–Kier alpha value is -2.20. The van der Waals surface area contributed by atoms with E-state index in [1.165, 1.54) is 24.1 Å². The van der Waals surface area contributed by atoms with E-state index in [-0.39, 0.29) is 35.0 Å². The van der Waals surface area contributed by atoms with Gasteiger partial charge < -0.3 is 15.0 Å². The third-order valence-corrected chi connectivity index (χ3v) is 8.42. The van der Waals surface area contributed by atoms with Gasteiger partial charge in [0.1, 0.15) is 18.3 Å². The van der Waals surface area contributed by atoms with Crippen molar-refractivity contribution in [2.24, 2.45) is 0 Å². The number of nitrogens with one attached hydrogen (secondary N) is 1. The minimum atomic E-state index is -3.96. The number of rotatable bonds is 10. The molecule has 1 aliphatic carbocycles. The Bertz CT molecular complexity index is 1230. The van der Waals surface area contributed by atoms with E-state index in [9.17, 15) is 18.0 Å². The van der Waals surface area contributed by atoms with Crippen LogP contribution in [0.1, 0.15) is 38.2 Å². The molecule has 1 atom stereocenters. The summed E-state index contributed by atoms with van der Waals surface area (Å²) in [6.07, 6.45) is 4.79. The largest absolute Gasteiger partial charge is 0.495 e. The van der Waals surface area contributed by atoms with Crippen LogP contribution >= 0.6 is 34.8 Å². The number of nitrogens with zero attached hydrogens (tertiary/aromatic N) is 2. The monoisotopic (exact) mass is 589 g/mol. The minimum absolute atomic E-state index is 0.0408. The number of sulfonamides is 1. The molecule has 1 aliphatic rings. The quantitative estimate of drug-likeness (QED) is 0.425. The lowest BCUT2D eigenvalue weighted by Crippen LogP contribution is -2.52. The summed E-state index contributed by atoms with van der Waals surface area (Å²) in [5.41, 5.74) is 0.551. The first-order valence-corrected chi connectivity index (χ1v) is 14.7. The van der Waals surface area contributed by atoms with Gasteiger partial charge in [0.25, 0.3) is 0 Å². The van der Waals surface area contributed by atoms with E-state index in [4.69, 9.17) is 39.5 Å². The third-order valence-electron chi connectivity index (χ3n) is 6.35. The van der Waals surface area contributed by atoms with Gasteiger partial charge in [-0.3, -0.25) is 13.9 Å². The minimum Gasteiger partial charge on any atom is -0.495 e. The number of methoxy groups -OCH3 is 1. The molecule has 2 aromatic carbocycles. The Morgan fingerprint density at radius 1 is 1.11 bits per heavy atom. The van der Waals surface area contributed by atoms with Crippen LogP contribution in [-0.4, -0.2) is 57.1 Å². The molecule has 0 aromatic heterocycles. The van der Waals surface area contributed by atoms with Gasteiger partial charge >= 0.3 is 0 Å². The molecule has 3 rings (SSSR count). The maximum atomic E-state index is 13.7. The average Bonchev–Trinajstić information content (AvgIpc) is 3.34. The zero-order valence-corrected chi connectivity index (χ0v) is 23.9. The number of hydrogen-bond acceptors (Lipinski definition) is 5. The molecule has 1 N–H and O–H groups in total. The summed E-state index contributed by atoms with van der Waals surface area (Å²) < 4.78 is 31.8. The smallest absolute Gasteiger partial charge is 0.244 e.